The summed E-state index contributed by atoms with van der Waals surface area (Å²) in [7, 11) is 0. The summed E-state index contributed by atoms with van der Waals surface area (Å²) in [5.41, 5.74) is 24.9. The van der Waals surface area contributed by atoms with Crippen LogP contribution in [0.5, 0.6) is 0 Å². The minimum absolute atomic E-state index is 0.552. The van der Waals surface area contributed by atoms with Gasteiger partial charge in [-0.25, -0.2) is 0 Å². The van der Waals surface area contributed by atoms with E-state index in [4.69, 9.17) is 0 Å². The van der Waals surface area contributed by atoms with Crippen LogP contribution < -0.4 is 4.90 Å². The Hall–Kier alpha value is -10.5. The third kappa shape index (κ3) is 6.26. The van der Waals surface area contributed by atoms with E-state index in [1.54, 1.807) is 0 Å². The number of hydrogen-bond acceptors (Lipinski definition) is 1. The summed E-state index contributed by atoms with van der Waals surface area (Å²) in [6.07, 6.45) is 0. The molecule has 3 nitrogen and oxygen atoms in total. The largest absolute Gasteiger partial charge is 0.309 e. The number of aromatic nitrogens is 2. The van der Waals surface area contributed by atoms with Crippen molar-refractivity contribution in [3.8, 4) is 55.9 Å². The first-order valence-electron chi connectivity index (χ1n) is 27.8. The summed E-state index contributed by atoms with van der Waals surface area (Å²) in [6, 6.07) is 111. The van der Waals surface area contributed by atoms with Crippen LogP contribution in [0.1, 0.15) is 22.3 Å². The van der Waals surface area contributed by atoms with Gasteiger partial charge in [0.1, 0.15) is 0 Å². The van der Waals surface area contributed by atoms with E-state index in [0.29, 0.717) is 0 Å². The molecule has 3 heterocycles. The molecule has 17 rings (SSSR count). The van der Waals surface area contributed by atoms with E-state index in [0.717, 1.165) is 33.9 Å². The van der Waals surface area contributed by atoms with Gasteiger partial charge in [0.25, 0.3) is 0 Å². The van der Waals surface area contributed by atoms with Crippen molar-refractivity contribution in [2.24, 2.45) is 0 Å². The molecule has 1 unspecified atom stereocenters. The van der Waals surface area contributed by atoms with Gasteiger partial charge < -0.3 is 14.0 Å². The maximum Gasteiger partial charge on any atom is 0.0754 e. The molecule has 80 heavy (non-hydrogen) atoms. The molecule has 0 N–H and O–H groups in total. The Kier molecular flexibility index (Phi) is 9.63. The smallest absolute Gasteiger partial charge is 0.0754 e. The van der Waals surface area contributed by atoms with Gasteiger partial charge in [-0.05, 0) is 133 Å². The van der Waals surface area contributed by atoms with Crippen molar-refractivity contribution in [1.82, 2.24) is 9.13 Å². The number of fused-ring (bicyclic) bond motifs is 16. The summed E-state index contributed by atoms with van der Waals surface area (Å²) >= 11 is 0. The van der Waals surface area contributed by atoms with E-state index in [-0.39, 0.29) is 0 Å². The van der Waals surface area contributed by atoms with Crippen molar-refractivity contribution < 1.29 is 0 Å². The predicted octanol–water partition coefficient (Wildman–Crippen LogP) is 20.2. The van der Waals surface area contributed by atoms with Gasteiger partial charge in [0.2, 0.25) is 0 Å². The molecule has 1 spiro atoms. The van der Waals surface area contributed by atoms with E-state index in [1.807, 2.05) is 0 Å². The first-order chi connectivity index (χ1) is 39.7. The average molecular weight is 1020 g/mol. The van der Waals surface area contributed by atoms with Crippen molar-refractivity contribution in [1.29, 1.82) is 0 Å². The zero-order chi connectivity index (χ0) is 52.5. The van der Waals surface area contributed by atoms with Crippen LogP contribution in [0.15, 0.2) is 297 Å². The van der Waals surface area contributed by atoms with Gasteiger partial charge in [0.15, 0.2) is 0 Å². The fourth-order valence-electron chi connectivity index (χ4n) is 14.2. The highest BCUT2D eigenvalue weighted by Gasteiger charge is 2.51. The summed E-state index contributed by atoms with van der Waals surface area (Å²) in [6.45, 7) is 0. The lowest BCUT2D eigenvalue weighted by molar-refractivity contribution is 0.749. The van der Waals surface area contributed by atoms with Crippen LogP contribution in [0.4, 0.5) is 17.1 Å². The standard InChI is InChI=1S/C77H49N3/c1-2-19-50(20-3-1)51-37-39-52(40-38-51)57-21-7-13-32-70(57)78(54-42-44-55(45-43-54)79-71-33-14-8-25-62(71)63-26-9-15-34-72(63)79)74-48-47-56(58-22-4-5-24-61(58)74)53-41-46-60-59-23-6-11-29-66(59)77(69(60)49-53)67-30-12-17-36-75(67)80-73-35-16-10-27-64(73)65-28-18-31-68(77)76(65)80/h1-49H. The van der Waals surface area contributed by atoms with Gasteiger partial charge in [-0.2, -0.15) is 0 Å². The van der Waals surface area contributed by atoms with Gasteiger partial charge >= 0.3 is 0 Å². The number of rotatable bonds is 7. The quantitative estimate of drug-likeness (QED) is 0.155. The number of anilines is 3. The Morgan fingerprint density at radius 3 is 1.52 bits per heavy atom. The highest BCUT2D eigenvalue weighted by Crippen LogP contribution is 2.62. The van der Waals surface area contributed by atoms with Gasteiger partial charge in [-0.1, -0.05) is 231 Å². The van der Waals surface area contributed by atoms with Crippen molar-refractivity contribution in [2.45, 2.75) is 5.41 Å². The molecule has 0 bridgehead atoms. The fraction of sp³-hybridized carbons (Fsp3) is 0.0130. The second kappa shape index (κ2) is 17.3. The van der Waals surface area contributed by atoms with E-state index in [2.05, 4.69) is 311 Å². The van der Waals surface area contributed by atoms with Crippen LogP contribution in [0.3, 0.4) is 0 Å². The molecule has 0 amide bonds. The van der Waals surface area contributed by atoms with Gasteiger partial charge in [-0.3, -0.25) is 0 Å². The SMILES string of the molecule is c1ccc(-c2ccc(-c3ccccc3N(c3ccc(-n4c5ccccc5c5ccccc54)cc3)c3ccc(-c4ccc5c(c4)C4(c6ccccc6-5)c5ccccc5-n5c6ccccc6c6cccc4c65)c4ccccc34)cc2)cc1. The number of para-hydroxylation sites is 6. The van der Waals surface area contributed by atoms with Gasteiger partial charge in [0.05, 0.1) is 44.5 Å². The van der Waals surface area contributed by atoms with E-state index in [1.165, 1.54) is 116 Å². The van der Waals surface area contributed by atoms with Crippen LogP contribution >= 0.6 is 0 Å². The predicted molar refractivity (Wildman–Crippen MR) is 334 cm³/mol. The van der Waals surface area contributed by atoms with Crippen LogP contribution in [0, 0.1) is 0 Å². The first-order valence-corrected chi connectivity index (χ1v) is 27.8. The highest BCUT2D eigenvalue weighted by atomic mass is 15.1. The zero-order valence-corrected chi connectivity index (χ0v) is 43.6. The monoisotopic (exact) mass is 1020 g/mol. The fourth-order valence-corrected chi connectivity index (χ4v) is 14.2. The zero-order valence-electron chi connectivity index (χ0n) is 43.6. The first kappa shape index (κ1) is 44.6. The van der Waals surface area contributed by atoms with E-state index in [9.17, 15) is 0 Å². The molecule has 2 aliphatic rings. The normalized spacial score (nSPS) is 14.1. The van der Waals surface area contributed by atoms with E-state index < -0.39 is 5.41 Å². The van der Waals surface area contributed by atoms with Crippen LogP contribution in [-0.4, -0.2) is 9.13 Å². The Morgan fingerprint density at radius 1 is 0.263 bits per heavy atom. The number of hydrogen-bond donors (Lipinski definition) is 0. The van der Waals surface area contributed by atoms with Crippen LogP contribution in [0.2, 0.25) is 0 Å². The molecule has 372 valence electrons. The molecule has 1 atom stereocenters. The third-order valence-electron chi connectivity index (χ3n) is 17.5. The topological polar surface area (TPSA) is 13.1 Å². The maximum atomic E-state index is 2.53. The van der Waals surface area contributed by atoms with Crippen LogP contribution in [0.25, 0.3) is 110 Å². The molecule has 0 fully saturated rings. The Balaban J connectivity index is 0.865. The lowest BCUT2D eigenvalue weighted by Gasteiger charge is -2.39. The molecule has 15 aromatic rings. The Morgan fingerprint density at radius 2 is 0.775 bits per heavy atom. The second-order valence-electron chi connectivity index (χ2n) is 21.5. The lowest BCUT2D eigenvalue weighted by atomic mass is 9.65. The maximum absolute atomic E-state index is 2.53. The molecule has 1 aliphatic carbocycles. The molecule has 2 aromatic heterocycles. The molecule has 3 heteroatoms. The lowest BCUT2D eigenvalue weighted by Crippen LogP contribution is -2.33. The summed E-state index contributed by atoms with van der Waals surface area (Å²) in [5.74, 6) is 0. The molecule has 13 aromatic carbocycles. The Labute approximate surface area is 463 Å². The number of nitrogens with zero attached hydrogens (tertiary/aromatic N) is 3. The highest BCUT2D eigenvalue weighted by molar-refractivity contribution is 6.14. The Bertz CT molecular complexity index is 4950. The molecule has 1 aliphatic heterocycles. The third-order valence-corrected chi connectivity index (χ3v) is 17.5. The summed E-state index contributed by atoms with van der Waals surface area (Å²) in [5, 5.41) is 7.42. The molecule has 0 radical (unpaired) electrons. The molecule has 0 saturated heterocycles. The second-order valence-corrected chi connectivity index (χ2v) is 21.5. The van der Waals surface area contributed by atoms with Crippen molar-refractivity contribution in [3.63, 3.8) is 0 Å². The number of benzene rings is 13. The summed E-state index contributed by atoms with van der Waals surface area (Å²) < 4.78 is 4.93. The molecular weight excluding hydrogens is 967 g/mol. The minimum Gasteiger partial charge on any atom is -0.309 e. The molecule has 0 saturated carbocycles. The molecular formula is C77H49N3. The van der Waals surface area contributed by atoms with Gasteiger partial charge in [-0.15, -0.1) is 0 Å². The van der Waals surface area contributed by atoms with Gasteiger partial charge in [0, 0.05) is 43.9 Å². The van der Waals surface area contributed by atoms with Crippen molar-refractivity contribution in [2.75, 3.05) is 4.90 Å². The minimum atomic E-state index is -0.552. The average Bonchev–Trinajstić information content (AvgIpc) is 3.83. The van der Waals surface area contributed by atoms with E-state index >= 15 is 0 Å². The van der Waals surface area contributed by atoms with Crippen molar-refractivity contribution in [3.05, 3.63) is 320 Å². The van der Waals surface area contributed by atoms with Crippen LogP contribution in [-0.2, 0) is 5.41 Å². The van der Waals surface area contributed by atoms with Crippen molar-refractivity contribution >= 4 is 71.4 Å². The summed E-state index contributed by atoms with van der Waals surface area (Å²) in [4.78, 5) is 2.48.